The first-order valence-corrected chi connectivity index (χ1v) is 8.07. The van der Waals surface area contributed by atoms with Gasteiger partial charge in [0.2, 0.25) is 0 Å². The van der Waals surface area contributed by atoms with Crippen LogP contribution >= 0.6 is 11.6 Å². The highest BCUT2D eigenvalue weighted by Gasteiger charge is 2.25. The predicted octanol–water partition coefficient (Wildman–Crippen LogP) is 6.07. The minimum Gasteiger partial charge on any atom is -0.114 e. The molecule has 1 heteroatoms. The second-order valence-electron chi connectivity index (χ2n) is 6.18. The number of benzene rings is 2. The largest absolute Gasteiger partial charge is 0.114 e. The fourth-order valence-corrected chi connectivity index (χ4v) is 3.11. The summed E-state index contributed by atoms with van der Waals surface area (Å²) < 4.78 is 0. The van der Waals surface area contributed by atoms with Crippen LogP contribution in [0.3, 0.4) is 0 Å². The van der Waals surface area contributed by atoms with Crippen LogP contribution in [0.4, 0.5) is 0 Å². The van der Waals surface area contributed by atoms with Gasteiger partial charge < -0.3 is 0 Å². The third kappa shape index (κ3) is 3.32. The van der Waals surface area contributed by atoms with Crippen LogP contribution in [0.15, 0.2) is 36.4 Å². The minimum atomic E-state index is -0.284. The van der Waals surface area contributed by atoms with Crippen LogP contribution in [0.2, 0.25) is 0 Å². The average molecular weight is 301 g/mol. The van der Waals surface area contributed by atoms with Crippen molar-refractivity contribution in [3.63, 3.8) is 0 Å². The van der Waals surface area contributed by atoms with Crippen molar-refractivity contribution in [3.05, 3.63) is 69.8 Å². The van der Waals surface area contributed by atoms with Gasteiger partial charge in [0.1, 0.15) is 0 Å². The molecule has 0 bridgehead atoms. The van der Waals surface area contributed by atoms with E-state index in [1.807, 2.05) is 0 Å². The van der Waals surface area contributed by atoms with Crippen molar-refractivity contribution in [2.75, 3.05) is 0 Å². The summed E-state index contributed by atoms with van der Waals surface area (Å²) in [6.07, 6.45) is 1.91. The fraction of sp³-hybridized carbons (Fsp3) is 0.400. The molecule has 0 fully saturated rings. The topological polar surface area (TPSA) is 0 Å². The molecule has 0 saturated heterocycles. The second kappa shape index (κ2) is 6.23. The van der Waals surface area contributed by atoms with E-state index < -0.39 is 0 Å². The Balaban J connectivity index is 2.55. The molecule has 0 aromatic heterocycles. The van der Waals surface area contributed by atoms with E-state index in [9.17, 15) is 0 Å². The summed E-state index contributed by atoms with van der Waals surface area (Å²) in [6.45, 7) is 10.9. The lowest BCUT2D eigenvalue weighted by atomic mass is 9.84. The molecule has 0 aliphatic heterocycles. The van der Waals surface area contributed by atoms with E-state index in [0.717, 1.165) is 12.8 Å². The Kier molecular flexibility index (Phi) is 4.78. The SMILES string of the molecule is CCC(C)(Cl)c1cc(C)c(C)c(Cc2ccccc2)c1C. The first-order chi connectivity index (χ1) is 9.86. The van der Waals surface area contributed by atoms with Gasteiger partial charge in [-0.3, -0.25) is 0 Å². The zero-order valence-electron chi connectivity index (χ0n) is 13.8. The normalized spacial score (nSPS) is 14.0. The Hall–Kier alpha value is -1.27. The molecule has 0 spiro atoms. The van der Waals surface area contributed by atoms with Gasteiger partial charge in [0.25, 0.3) is 0 Å². The van der Waals surface area contributed by atoms with Crippen LogP contribution in [-0.2, 0) is 11.3 Å². The summed E-state index contributed by atoms with van der Waals surface area (Å²) >= 11 is 6.75. The molecule has 0 saturated carbocycles. The van der Waals surface area contributed by atoms with E-state index in [1.54, 1.807) is 0 Å². The zero-order chi connectivity index (χ0) is 15.6. The van der Waals surface area contributed by atoms with Gasteiger partial charge in [-0.25, -0.2) is 0 Å². The summed E-state index contributed by atoms with van der Waals surface area (Å²) in [6, 6.07) is 12.9. The monoisotopic (exact) mass is 300 g/mol. The van der Waals surface area contributed by atoms with E-state index in [2.05, 4.69) is 71.0 Å². The average Bonchev–Trinajstić information content (AvgIpc) is 2.48. The molecule has 2 aromatic carbocycles. The van der Waals surface area contributed by atoms with Crippen molar-refractivity contribution in [2.24, 2.45) is 0 Å². The van der Waals surface area contributed by atoms with Crippen LogP contribution in [0.1, 0.15) is 53.6 Å². The molecule has 2 aromatic rings. The Morgan fingerprint density at radius 2 is 1.62 bits per heavy atom. The summed E-state index contributed by atoms with van der Waals surface area (Å²) in [4.78, 5) is -0.284. The highest BCUT2D eigenvalue weighted by Crippen LogP contribution is 2.37. The van der Waals surface area contributed by atoms with Crippen molar-refractivity contribution in [1.82, 2.24) is 0 Å². The van der Waals surface area contributed by atoms with Crippen LogP contribution in [0.25, 0.3) is 0 Å². The highest BCUT2D eigenvalue weighted by atomic mass is 35.5. The van der Waals surface area contributed by atoms with Gasteiger partial charge in [-0.2, -0.15) is 0 Å². The van der Waals surface area contributed by atoms with Gasteiger partial charge >= 0.3 is 0 Å². The molecule has 0 radical (unpaired) electrons. The maximum Gasteiger partial charge on any atom is 0.0667 e. The summed E-state index contributed by atoms with van der Waals surface area (Å²) in [5.41, 5.74) is 8.14. The molecular weight excluding hydrogens is 276 g/mol. The molecule has 2 rings (SSSR count). The molecule has 0 aliphatic carbocycles. The lowest BCUT2D eigenvalue weighted by molar-refractivity contribution is 0.643. The first kappa shape index (κ1) is 16.1. The van der Waals surface area contributed by atoms with E-state index >= 15 is 0 Å². The van der Waals surface area contributed by atoms with E-state index in [4.69, 9.17) is 11.6 Å². The molecule has 1 unspecified atom stereocenters. The fourth-order valence-electron chi connectivity index (χ4n) is 2.91. The quantitative estimate of drug-likeness (QED) is 0.601. The van der Waals surface area contributed by atoms with Gasteiger partial charge in [0, 0.05) is 0 Å². The Labute approximate surface area is 134 Å². The summed E-state index contributed by atoms with van der Waals surface area (Å²) in [7, 11) is 0. The smallest absolute Gasteiger partial charge is 0.0667 e. The number of rotatable bonds is 4. The number of alkyl halides is 1. The second-order valence-corrected chi connectivity index (χ2v) is 7.02. The van der Waals surface area contributed by atoms with Crippen molar-refractivity contribution in [2.45, 2.75) is 52.3 Å². The molecule has 0 heterocycles. The Morgan fingerprint density at radius 1 is 1.00 bits per heavy atom. The van der Waals surface area contributed by atoms with Crippen LogP contribution in [-0.4, -0.2) is 0 Å². The summed E-state index contributed by atoms with van der Waals surface area (Å²) in [5, 5.41) is 0. The number of hydrogen-bond acceptors (Lipinski definition) is 0. The van der Waals surface area contributed by atoms with Gasteiger partial charge in [0.15, 0.2) is 0 Å². The van der Waals surface area contributed by atoms with Crippen molar-refractivity contribution < 1.29 is 0 Å². The van der Waals surface area contributed by atoms with Gasteiger partial charge in [-0.1, -0.05) is 43.3 Å². The number of hydrogen-bond donors (Lipinski definition) is 0. The van der Waals surface area contributed by atoms with Crippen molar-refractivity contribution in [3.8, 4) is 0 Å². The van der Waals surface area contributed by atoms with Gasteiger partial charge in [-0.05, 0) is 73.9 Å². The van der Waals surface area contributed by atoms with Crippen LogP contribution < -0.4 is 0 Å². The molecule has 112 valence electrons. The Morgan fingerprint density at radius 3 is 2.19 bits per heavy atom. The highest BCUT2D eigenvalue weighted by molar-refractivity contribution is 6.23. The van der Waals surface area contributed by atoms with E-state index in [-0.39, 0.29) is 4.87 Å². The van der Waals surface area contributed by atoms with Crippen LogP contribution in [0, 0.1) is 20.8 Å². The maximum absolute atomic E-state index is 6.75. The maximum atomic E-state index is 6.75. The lowest BCUT2D eigenvalue weighted by Gasteiger charge is -2.27. The standard InChI is InChI=1S/C20H25Cl/c1-6-20(5,21)19-12-14(2)15(3)18(16(19)4)13-17-10-8-7-9-11-17/h7-12H,6,13H2,1-5H3. The van der Waals surface area contributed by atoms with Gasteiger partial charge in [0.05, 0.1) is 4.87 Å². The number of halogens is 1. The van der Waals surface area contributed by atoms with E-state index in [1.165, 1.54) is 33.4 Å². The molecule has 1 atom stereocenters. The van der Waals surface area contributed by atoms with Crippen LogP contribution in [0.5, 0.6) is 0 Å². The van der Waals surface area contributed by atoms with Crippen molar-refractivity contribution >= 4 is 11.6 Å². The van der Waals surface area contributed by atoms with Crippen molar-refractivity contribution in [1.29, 1.82) is 0 Å². The molecule has 0 nitrogen and oxygen atoms in total. The third-order valence-corrected chi connectivity index (χ3v) is 5.18. The molecule has 0 N–H and O–H groups in total. The predicted molar refractivity (Wildman–Crippen MR) is 93.4 cm³/mol. The molecule has 21 heavy (non-hydrogen) atoms. The third-order valence-electron chi connectivity index (χ3n) is 4.71. The van der Waals surface area contributed by atoms with Gasteiger partial charge in [-0.15, -0.1) is 11.6 Å². The Bertz CT molecular complexity index is 624. The number of aryl methyl sites for hydroxylation is 1. The molecule has 0 aliphatic rings. The molecule has 0 amide bonds. The summed E-state index contributed by atoms with van der Waals surface area (Å²) in [5.74, 6) is 0. The first-order valence-electron chi connectivity index (χ1n) is 7.69. The molecular formula is C20H25Cl. The minimum absolute atomic E-state index is 0.284. The lowest BCUT2D eigenvalue weighted by Crippen LogP contribution is -2.16. The van der Waals surface area contributed by atoms with E-state index in [0.29, 0.717) is 0 Å². The zero-order valence-corrected chi connectivity index (χ0v) is 14.5.